The summed E-state index contributed by atoms with van der Waals surface area (Å²) in [6, 6.07) is 9.61. The van der Waals surface area contributed by atoms with Crippen LogP contribution in [0.15, 0.2) is 53.8 Å². The van der Waals surface area contributed by atoms with Crippen LogP contribution in [0.1, 0.15) is 18.4 Å². The Morgan fingerprint density at radius 3 is 2.33 bits per heavy atom. The molecule has 2 rings (SSSR count). The third-order valence-electron chi connectivity index (χ3n) is 2.79. The Balaban J connectivity index is 2.49. The number of benzene rings is 1. The molecule has 1 aromatic rings. The molecule has 0 unspecified atom stereocenters. The van der Waals surface area contributed by atoms with E-state index in [-0.39, 0.29) is 17.5 Å². The highest BCUT2D eigenvalue weighted by atomic mass is 16.3. The fourth-order valence-electron chi connectivity index (χ4n) is 1.96. The maximum absolute atomic E-state index is 11.5. The van der Waals surface area contributed by atoms with Gasteiger partial charge in [-0.2, -0.15) is 0 Å². The lowest BCUT2D eigenvalue weighted by molar-refractivity contribution is -0.114. The van der Waals surface area contributed by atoms with Gasteiger partial charge >= 0.3 is 0 Å². The number of carbonyl (C=O) groups excluding carboxylic acids is 1. The highest BCUT2D eigenvalue weighted by Crippen LogP contribution is 2.39. The van der Waals surface area contributed by atoms with E-state index in [1.54, 1.807) is 6.92 Å². The third kappa shape index (κ3) is 1.38. The van der Waals surface area contributed by atoms with Crippen LogP contribution in [0, 0.1) is 0 Å². The SMILES string of the molecule is C=C1C(=O)C(O)=C(C)[C@@H]1c1ccccc1. The van der Waals surface area contributed by atoms with Crippen LogP contribution < -0.4 is 0 Å². The number of aliphatic hydroxyl groups is 1. The van der Waals surface area contributed by atoms with E-state index in [1.807, 2.05) is 30.3 Å². The van der Waals surface area contributed by atoms with Crippen molar-refractivity contribution in [3.05, 3.63) is 59.4 Å². The largest absolute Gasteiger partial charge is 0.504 e. The van der Waals surface area contributed by atoms with Crippen LogP contribution in [0.2, 0.25) is 0 Å². The average Bonchev–Trinajstić information content (AvgIpc) is 2.45. The van der Waals surface area contributed by atoms with Crippen LogP contribution in [0.4, 0.5) is 0 Å². The molecule has 0 aromatic heterocycles. The maximum atomic E-state index is 11.5. The van der Waals surface area contributed by atoms with Gasteiger partial charge in [0.05, 0.1) is 0 Å². The number of aliphatic hydroxyl groups excluding tert-OH is 1. The number of ketones is 1. The van der Waals surface area contributed by atoms with E-state index < -0.39 is 0 Å². The number of carbonyl (C=O) groups is 1. The second-order valence-electron chi connectivity index (χ2n) is 3.73. The molecular formula is C13H12O2. The highest BCUT2D eigenvalue weighted by Gasteiger charge is 2.34. The second kappa shape index (κ2) is 3.39. The third-order valence-corrected chi connectivity index (χ3v) is 2.79. The first-order valence-electron chi connectivity index (χ1n) is 4.81. The van der Waals surface area contributed by atoms with Crippen LogP contribution in [-0.2, 0) is 4.79 Å². The topological polar surface area (TPSA) is 37.3 Å². The molecule has 1 atom stereocenters. The molecule has 2 heteroatoms. The van der Waals surface area contributed by atoms with E-state index in [1.165, 1.54) is 0 Å². The summed E-state index contributed by atoms with van der Waals surface area (Å²) in [6.07, 6.45) is 0. The molecule has 1 aliphatic rings. The Hall–Kier alpha value is -1.83. The molecule has 0 bridgehead atoms. The lowest BCUT2D eigenvalue weighted by atomic mass is 9.90. The zero-order valence-corrected chi connectivity index (χ0v) is 8.53. The molecule has 0 radical (unpaired) electrons. The van der Waals surface area contributed by atoms with E-state index in [4.69, 9.17) is 0 Å². The van der Waals surface area contributed by atoms with Crippen molar-refractivity contribution >= 4 is 5.78 Å². The molecule has 0 amide bonds. The fourth-order valence-corrected chi connectivity index (χ4v) is 1.96. The Bertz CT molecular complexity index is 455. The minimum Gasteiger partial charge on any atom is -0.504 e. The zero-order valence-electron chi connectivity index (χ0n) is 8.53. The van der Waals surface area contributed by atoms with Gasteiger partial charge in [0.2, 0.25) is 5.78 Å². The summed E-state index contributed by atoms with van der Waals surface area (Å²) in [6.45, 7) is 5.51. The summed E-state index contributed by atoms with van der Waals surface area (Å²) in [4.78, 5) is 11.5. The number of rotatable bonds is 1. The van der Waals surface area contributed by atoms with Crippen molar-refractivity contribution in [1.82, 2.24) is 0 Å². The summed E-state index contributed by atoms with van der Waals surface area (Å²) in [7, 11) is 0. The van der Waals surface area contributed by atoms with E-state index in [0.717, 1.165) is 5.56 Å². The fraction of sp³-hybridized carbons (Fsp3) is 0.154. The van der Waals surface area contributed by atoms with Crippen molar-refractivity contribution in [3.63, 3.8) is 0 Å². The molecule has 0 spiro atoms. The standard InChI is InChI=1S/C13H12O2/c1-8-11(9(2)13(15)12(8)14)10-6-4-3-5-7-10/h3-7,11,15H,1H2,2H3/t11-/m1/s1. The van der Waals surface area contributed by atoms with E-state index in [9.17, 15) is 9.90 Å². The van der Waals surface area contributed by atoms with Gasteiger partial charge in [-0.25, -0.2) is 0 Å². The predicted molar refractivity (Wildman–Crippen MR) is 58.7 cm³/mol. The van der Waals surface area contributed by atoms with Crippen LogP contribution in [-0.4, -0.2) is 10.9 Å². The Morgan fingerprint density at radius 1 is 1.27 bits per heavy atom. The lowest BCUT2D eigenvalue weighted by Gasteiger charge is -2.12. The predicted octanol–water partition coefficient (Wildman–Crippen LogP) is 2.74. The van der Waals surface area contributed by atoms with Gasteiger partial charge in [-0.15, -0.1) is 0 Å². The minimum absolute atomic E-state index is 0.145. The van der Waals surface area contributed by atoms with Gasteiger partial charge in [-0.05, 0) is 18.1 Å². The monoisotopic (exact) mass is 200 g/mol. The van der Waals surface area contributed by atoms with Gasteiger partial charge in [0.1, 0.15) is 0 Å². The van der Waals surface area contributed by atoms with Gasteiger partial charge in [0.25, 0.3) is 0 Å². The van der Waals surface area contributed by atoms with Gasteiger partial charge in [-0.1, -0.05) is 36.9 Å². The van der Waals surface area contributed by atoms with Gasteiger partial charge < -0.3 is 5.11 Å². The molecule has 1 aromatic carbocycles. The van der Waals surface area contributed by atoms with Crippen molar-refractivity contribution in [3.8, 4) is 0 Å². The molecule has 1 aliphatic carbocycles. The maximum Gasteiger partial charge on any atom is 0.223 e. The highest BCUT2D eigenvalue weighted by molar-refractivity contribution is 6.11. The van der Waals surface area contributed by atoms with Crippen LogP contribution >= 0.6 is 0 Å². The van der Waals surface area contributed by atoms with Crippen LogP contribution in [0.3, 0.4) is 0 Å². The first-order valence-corrected chi connectivity index (χ1v) is 4.81. The smallest absolute Gasteiger partial charge is 0.223 e. The lowest BCUT2D eigenvalue weighted by Crippen LogP contribution is -2.02. The van der Waals surface area contributed by atoms with Crippen LogP contribution in [0.25, 0.3) is 0 Å². The first kappa shape index (κ1) is 9.71. The minimum atomic E-state index is -0.332. The van der Waals surface area contributed by atoms with Crippen molar-refractivity contribution < 1.29 is 9.90 Å². The molecule has 0 heterocycles. The van der Waals surface area contributed by atoms with Crippen molar-refractivity contribution in [2.24, 2.45) is 0 Å². The number of hydrogen-bond acceptors (Lipinski definition) is 2. The molecule has 0 saturated carbocycles. The summed E-state index contributed by atoms with van der Waals surface area (Å²) in [5, 5.41) is 9.54. The number of hydrogen-bond donors (Lipinski definition) is 1. The zero-order chi connectivity index (χ0) is 11.0. The van der Waals surface area contributed by atoms with Gasteiger partial charge in [0.15, 0.2) is 5.76 Å². The molecule has 15 heavy (non-hydrogen) atoms. The van der Waals surface area contributed by atoms with E-state index in [0.29, 0.717) is 11.1 Å². The number of allylic oxidation sites excluding steroid dienone is 2. The average molecular weight is 200 g/mol. The molecular weight excluding hydrogens is 188 g/mol. The van der Waals surface area contributed by atoms with Crippen molar-refractivity contribution in [1.29, 1.82) is 0 Å². The molecule has 2 nitrogen and oxygen atoms in total. The van der Waals surface area contributed by atoms with Gasteiger partial charge in [-0.3, -0.25) is 4.79 Å². The Labute approximate surface area is 88.6 Å². The summed E-state index contributed by atoms with van der Waals surface area (Å²) in [5.41, 5.74) is 2.14. The molecule has 76 valence electrons. The molecule has 0 saturated heterocycles. The molecule has 0 aliphatic heterocycles. The quantitative estimate of drug-likeness (QED) is 0.708. The summed E-state index contributed by atoms with van der Waals surface area (Å²) >= 11 is 0. The number of Topliss-reactive ketones (excluding diaryl/α,β-unsaturated/α-hetero) is 1. The van der Waals surface area contributed by atoms with E-state index in [2.05, 4.69) is 6.58 Å². The normalized spacial score (nSPS) is 21.3. The molecule has 0 fully saturated rings. The molecule has 1 N–H and O–H groups in total. The van der Waals surface area contributed by atoms with Crippen molar-refractivity contribution in [2.45, 2.75) is 12.8 Å². The van der Waals surface area contributed by atoms with Gasteiger partial charge in [0, 0.05) is 11.5 Å². The van der Waals surface area contributed by atoms with Crippen molar-refractivity contribution in [2.75, 3.05) is 0 Å². The first-order chi connectivity index (χ1) is 7.13. The second-order valence-corrected chi connectivity index (χ2v) is 3.73. The summed E-state index contributed by atoms with van der Waals surface area (Å²) < 4.78 is 0. The van der Waals surface area contributed by atoms with E-state index >= 15 is 0 Å². The summed E-state index contributed by atoms with van der Waals surface area (Å²) in [5.74, 6) is -0.631. The van der Waals surface area contributed by atoms with Crippen LogP contribution in [0.5, 0.6) is 0 Å². The Kier molecular flexibility index (Phi) is 2.19. The Morgan fingerprint density at radius 2 is 1.87 bits per heavy atom.